The zero-order valence-corrected chi connectivity index (χ0v) is 28.0. The van der Waals surface area contributed by atoms with Crippen LogP contribution in [-0.4, -0.2) is 88.6 Å². The van der Waals surface area contributed by atoms with Crippen molar-refractivity contribution in [2.45, 2.75) is 31.5 Å². The lowest BCUT2D eigenvalue weighted by Crippen LogP contribution is -2.39. The van der Waals surface area contributed by atoms with E-state index in [1.165, 1.54) is 18.0 Å². The van der Waals surface area contributed by atoms with Crippen LogP contribution in [0.5, 0.6) is 0 Å². The number of nitrogens with one attached hydrogen (secondary N) is 2. The van der Waals surface area contributed by atoms with E-state index in [-0.39, 0.29) is 26.9 Å². The number of amides is 1. The average Bonchev–Trinajstić information content (AvgIpc) is 3.53. The van der Waals surface area contributed by atoms with Crippen LogP contribution >= 0.6 is 63.0 Å². The molecule has 1 aliphatic rings. The summed E-state index contributed by atoms with van der Waals surface area (Å²) in [6, 6.07) is 0. The topological polar surface area (TPSA) is 302 Å². The first-order valence-electron chi connectivity index (χ1n) is 11.6. The van der Waals surface area contributed by atoms with Gasteiger partial charge in [-0.05, 0) is 22.9 Å². The monoisotopic (exact) mass is 785 g/mol. The summed E-state index contributed by atoms with van der Waals surface area (Å²) in [5.41, 5.74) is 6.94. The number of nitrogens with zero attached hydrogens (tertiary/aromatic N) is 4. The van der Waals surface area contributed by atoms with Gasteiger partial charge in [0.15, 0.2) is 21.9 Å². The number of hydrogen-bond donors (Lipinski definition) is 7. The zero-order chi connectivity index (χ0) is 32.6. The molecule has 4 heterocycles. The van der Waals surface area contributed by atoms with Gasteiger partial charge in [0.2, 0.25) is 0 Å². The van der Waals surface area contributed by atoms with E-state index >= 15 is 0 Å². The molecule has 27 heteroatoms. The molecule has 1 saturated heterocycles. The molecule has 0 bridgehead atoms. The van der Waals surface area contributed by atoms with Gasteiger partial charge in [-0.1, -0.05) is 23.6 Å². The third-order valence-electron chi connectivity index (χ3n) is 5.51. The number of halogens is 1. The predicted octanol–water partition coefficient (Wildman–Crippen LogP) is 1.88. The molecule has 3 aromatic rings. The molecule has 21 nitrogen and oxygen atoms in total. The standard InChI is InChI=1S/C17H23BrN7O14P3S2/c1-6-12(18)44-17(21-6)22-8(26)4-35-10-7(3-36-41(30,31)39-42(32,33)38-40(27,28)29)37-15(11(10)34-2)25-5-20-9-13(25)23-16(19)24-14(9)43/h5,7,10-11,15H,3-4H2,1-2H3,(H,30,31)(H,32,33)(H,21,22,26)(H2,27,28,29)(H3,19,23,24,43). The quantitative estimate of drug-likeness (QED) is 0.0961. The number of rotatable bonds is 13. The highest BCUT2D eigenvalue weighted by Gasteiger charge is 2.49. The summed E-state index contributed by atoms with van der Waals surface area (Å²) in [5.74, 6) is -0.679. The number of H-pyrrole nitrogens is 1. The summed E-state index contributed by atoms with van der Waals surface area (Å²) in [6.45, 7) is 0.230. The molecule has 4 rings (SSSR count). The highest BCUT2D eigenvalue weighted by atomic mass is 79.9. The smallest absolute Gasteiger partial charge is 0.374 e. The van der Waals surface area contributed by atoms with Crippen LogP contribution in [0.25, 0.3) is 11.2 Å². The zero-order valence-electron chi connectivity index (χ0n) is 22.1. The van der Waals surface area contributed by atoms with E-state index in [0.717, 1.165) is 11.3 Å². The van der Waals surface area contributed by atoms with Crippen molar-refractivity contribution < 1.29 is 65.4 Å². The number of carbonyl (C=O) groups excluding carboxylic acids is 1. The maximum atomic E-state index is 12.6. The Morgan fingerprint density at radius 2 is 1.93 bits per heavy atom. The fraction of sp³-hybridized carbons (Fsp3) is 0.471. The summed E-state index contributed by atoms with van der Waals surface area (Å²) < 4.78 is 66.8. The third kappa shape index (κ3) is 8.82. The normalized spacial score (nSPS) is 23.4. The van der Waals surface area contributed by atoms with E-state index in [2.05, 4.69) is 49.8 Å². The lowest BCUT2D eigenvalue weighted by molar-refractivity contribution is -0.127. The van der Waals surface area contributed by atoms with Gasteiger partial charge < -0.3 is 44.5 Å². The molecule has 44 heavy (non-hydrogen) atoms. The van der Waals surface area contributed by atoms with Crippen molar-refractivity contribution in [3.05, 3.63) is 20.4 Å². The molecule has 0 radical (unpaired) electrons. The van der Waals surface area contributed by atoms with Crippen molar-refractivity contribution in [2.24, 2.45) is 0 Å². The maximum Gasteiger partial charge on any atom is 0.490 e. The first-order chi connectivity index (χ1) is 20.4. The number of imidazole rings is 1. The number of thiazole rings is 1. The lowest BCUT2D eigenvalue weighted by atomic mass is 10.1. The Morgan fingerprint density at radius 1 is 1.23 bits per heavy atom. The number of phosphoric acid groups is 3. The molecule has 6 unspecified atom stereocenters. The van der Waals surface area contributed by atoms with Gasteiger partial charge in [-0.15, -0.1) is 0 Å². The SMILES string of the molecule is COC1C(OCC(=O)Nc2nc(C)c(Br)s2)C(COP(=O)(O)OP(=O)(O)OP(=O)(O)O)OC1n1cnc2c(=S)nc(N)[nH]c21. The Morgan fingerprint density at radius 3 is 2.55 bits per heavy atom. The molecule has 1 aliphatic heterocycles. The van der Waals surface area contributed by atoms with Crippen molar-refractivity contribution in [3.8, 4) is 0 Å². The first kappa shape index (κ1) is 35.3. The number of phosphoric ester groups is 1. The van der Waals surface area contributed by atoms with Gasteiger partial charge in [0.05, 0.1) is 22.4 Å². The van der Waals surface area contributed by atoms with Crippen LogP contribution in [0.1, 0.15) is 11.9 Å². The second-order valence-corrected chi connectivity index (χ2v) is 15.8. The maximum absolute atomic E-state index is 12.6. The number of ether oxygens (including phenoxy) is 3. The molecule has 0 aromatic carbocycles. The highest BCUT2D eigenvalue weighted by Crippen LogP contribution is 2.66. The average molecular weight is 786 g/mol. The fourth-order valence-corrected chi connectivity index (χ4v) is 8.43. The van der Waals surface area contributed by atoms with Crippen LogP contribution in [0.3, 0.4) is 0 Å². The van der Waals surface area contributed by atoms with Crippen molar-refractivity contribution in [1.29, 1.82) is 0 Å². The number of nitrogens with two attached hydrogens (primary N) is 1. The van der Waals surface area contributed by atoms with Gasteiger partial charge in [0.25, 0.3) is 5.91 Å². The number of aryl methyl sites for hydroxylation is 1. The molecule has 3 aromatic heterocycles. The third-order valence-corrected chi connectivity index (χ3v) is 11.5. The Hall–Kier alpha value is -1.56. The largest absolute Gasteiger partial charge is 0.490 e. The summed E-state index contributed by atoms with van der Waals surface area (Å²) in [4.78, 5) is 64.6. The number of aromatic nitrogens is 5. The second-order valence-electron chi connectivity index (χ2n) is 8.63. The molecule has 244 valence electrons. The van der Waals surface area contributed by atoms with Crippen LogP contribution < -0.4 is 11.1 Å². The summed E-state index contributed by atoms with van der Waals surface area (Å²) >= 11 is 9.66. The van der Waals surface area contributed by atoms with Gasteiger partial charge >= 0.3 is 23.5 Å². The van der Waals surface area contributed by atoms with Gasteiger partial charge in [-0.2, -0.15) is 8.62 Å². The summed E-state index contributed by atoms with van der Waals surface area (Å²) in [5, 5.41) is 2.84. The Kier molecular flexibility index (Phi) is 11.0. The fourth-order valence-electron chi connectivity index (χ4n) is 3.89. The number of hydrogen-bond acceptors (Lipinski definition) is 16. The summed E-state index contributed by atoms with van der Waals surface area (Å²) in [7, 11) is -15.6. The van der Waals surface area contributed by atoms with E-state index in [1.54, 1.807) is 6.92 Å². The Labute approximate surface area is 263 Å². The molecular formula is C17H23BrN7O14P3S2. The second kappa shape index (κ2) is 13.7. The van der Waals surface area contributed by atoms with Crippen molar-refractivity contribution in [3.63, 3.8) is 0 Å². The lowest BCUT2D eigenvalue weighted by Gasteiger charge is -2.24. The highest BCUT2D eigenvalue weighted by molar-refractivity contribution is 9.11. The summed E-state index contributed by atoms with van der Waals surface area (Å²) in [6.07, 6.45) is -3.46. The number of nitrogen functional groups attached to an aromatic ring is 1. The molecule has 0 aliphatic carbocycles. The first-order valence-corrected chi connectivity index (χ1v) is 18.2. The van der Waals surface area contributed by atoms with Crippen molar-refractivity contribution >= 4 is 91.1 Å². The minimum atomic E-state index is -5.78. The van der Waals surface area contributed by atoms with E-state index < -0.39 is 67.1 Å². The Balaban J connectivity index is 1.57. The van der Waals surface area contributed by atoms with Gasteiger partial charge in [0, 0.05) is 7.11 Å². The van der Waals surface area contributed by atoms with Crippen LogP contribution in [0.15, 0.2) is 10.1 Å². The predicted molar refractivity (Wildman–Crippen MR) is 155 cm³/mol. The van der Waals surface area contributed by atoms with E-state index in [1.807, 2.05) is 0 Å². The van der Waals surface area contributed by atoms with Crippen LogP contribution in [-0.2, 0) is 45.8 Å². The number of methoxy groups -OCH3 is 1. The molecule has 0 spiro atoms. The van der Waals surface area contributed by atoms with Crippen molar-refractivity contribution in [1.82, 2.24) is 24.5 Å². The van der Waals surface area contributed by atoms with Crippen LogP contribution in [0.4, 0.5) is 11.1 Å². The van der Waals surface area contributed by atoms with Crippen LogP contribution in [0, 0.1) is 11.6 Å². The van der Waals surface area contributed by atoms with Crippen LogP contribution in [0.2, 0.25) is 0 Å². The molecule has 1 amide bonds. The number of aromatic amines is 1. The van der Waals surface area contributed by atoms with Gasteiger partial charge in [-0.3, -0.25) is 19.2 Å². The number of carbonyl (C=O) groups is 1. The molecular weight excluding hydrogens is 763 g/mol. The van der Waals surface area contributed by atoms with Crippen molar-refractivity contribution in [2.75, 3.05) is 31.4 Å². The van der Waals surface area contributed by atoms with E-state index in [4.69, 9.17) is 46.5 Å². The number of fused-ring (bicyclic) bond motifs is 1. The Bertz CT molecular complexity index is 1730. The number of anilines is 2. The molecule has 8 N–H and O–H groups in total. The molecule has 0 saturated carbocycles. The minimum absolute atomic E-state index is 0.0473. The molecule has 6 atom stereocenters. The van der Waals surface area contributed by atoms with Gasteiger partial charge in [-0.25, -0.2) is 28.6 Å². The van der Waals surface area contributed by atoms with Gasteiger partial charge in [0.1, 0.15) is 36.1 Å². The minimum Gasteiger partial charge on any atom is -0.374 e. The molecule has 1 fully saturated rings. The van der Waals surface area contributed by atoms with E-state index in [0.29, 0.717) is 9.48 Å². The van der Waals surface area contributed by atoms with E-state index in [9.17, 15) is 28.3 Å².